The molecule has 0 bridgehead atoms. The second kappa shape index (κ2) is 21.5. The predicted molar refractivity (Wildman–Crippen MR) is 253 cm³/mol. The van der Waals surface area contributed by atoms with Crippen LogP contribution in [0.2, 0.25) is 30.1 Å². The molecule has 0 radical (unpaired) electrons. The molecule has 0 aliphatic heterocycles. The van der Waals surface area contributed by atoms with E-state index in [-0.39, 0.29) is 83.5 Å². The lowest BCUT2D eigenvalue weighted by Crippen LogP contribution is -2.22. The highest BCUT2D eigenvalue weighted by molar-refractivity contribution is 7.84. The Hall–Kier alpha value is -5.07. The summed E-state index contributed by atoms with van der Waals surface area (Å²) in [4.78, 5) is 78.3. The Bertz CT molecular complexity index is 2960. The van der Waals surface area contributed by atoms with Crippen LogP contribution in [0.3, 0.4) is 0 Å². The molecule has 2 aromatic heterocycles. The summed E-state index contributed by atoms with van der Waals surface area (Å²) in [5.41, 5.74) is 3.35. The van der Waals surface area contributed by atoms with Crippen molar-refractivity contribution >= 4 is 142 Å². The highest BCUT2D eigenvalue weighted by Gasteiger charge is 2.28. The predicted octanol–water partition coefficient (Wildman–Crippen LogP) is 12.0. The normalized spacial score (nSPS) is 11.4. The van der Waals surface area contributed by atoms with Gasteiger partial charge in [-0.05, 0) is 60.4 Å². The van der Waals surface area contributed by atoms with Gasteiger partial charge in [0.2, 0.25) is 10.9 Å². The molecule has 5 N–H and O–H groups in total. The van der Waals surface area contributed by atoms with Crippen LogP contribution >= 0.6 is 69.6 Å². The van der Waals surface area contributed by atoms with Gasteiger partial charge in [0, 0.05) is 41.3 Å². The Labute approximate surface area is 390 Å². The summed E-state index contributed by atoms with van der Waals surface area (Å²) in [5.74, 6) is -0.985. The quantitative estimate of drug-likeness (QED) is 0.0412. The van der Waals surface area contributed by atoms with Crippen LogP contribution in [0, 0.1) is 32.1 Å². The van der Waals surface area contributed by atoms with Gasteiger partial charge < -0.3 is 21.0 Å². The number of hydrogen-bond acceptors (Lipinski definition) is 11. The summed E-state index contributed by atoms with van der Waals surface area (Å²) >= 11 is 35.5. The summed E-state index contributed by atoms with van der Waals surface area (Å²) in [5, 5.41) is 27.0. The molecule has 2 heterocycles. The van der Waals surface area contributed by atoms with Gasteiger partial charge >= 0.3 is 0 Å². The zero-order chi connectivity index (χ0) is 47.2. The summed E-state index contributed by atoms with van der Waals surface area (Å²) in [6.07, 6.45) is 1.45. The number of fused-ring (bicyclic) bond motifs is 2. The molecule has 0 saturated heterocycles. The maximum atomic E-state index is 13.3. The summed E-state index contributed by atoms with van der Waals surface area (Å²) in [6, 6.07) is 14.5. The van der Waals surface area contributed by atoms with Crippen molar-refractivity contribution in [3.05, 3.63) is 143 Å². The lowest BCUT2D eigenvalue weighted by Gasteiger charge is -2.15. The molecule has 332 valence electrons. The average molecular weight is 1000 g/mol. The van der Waals surface area contributed by atoms with E-state index in [1.807, 2.05) is 13.8 Å². The molecule has 0 amide bonds. The molecule has 0 aliphatic carbocycles. The number of pyridine rings is 2. The highest BCUT2D eigenvalue weighted by Crippen LogP contribution is 2.34. The molecule has 1 unspecified atom stereocenters. The molecule has 63 heavy (non-hydrogen) atoms. The van der Waals surface area contributed by atoms with Crippen LogP contribution in [-0.4, -0.2) is 41.8 Å². The van der Waals surface area contributed by atoms with Crippen LogP contribution in [-0.2, 0) is 10.8 Å². The number of nitro benzene ring substituents is 2. The largest absolute Gasteiger partial charge is 0.398 e. The van der Waals surface area contributed by atoms with Crippen molar-refractivity contribution in [3.63, 3.8) is 0 Å². The van der Waals surface area contributed by atoms with Gasteiger partial charge in [-0.25, -0.2) is 0 Å². The van der Waals surface area contributed by atoms with Gasteiger partial charge in [-0.15, -0.1) is 0 Å². The van der Waals surface area contributed by atoms with Gasteiger partial charge in [0.25, 0.3) is 11.4 Å². The zero-order valence-electron chi connectivity index (χ0n) is 33.7. The van der Waals surface area contributed by atoms with Gasteiger partial charge in [0.1, 0.15) is 27.2 Å². The fourth-order valence-electron chi connectivity index (χ4n) is 5.97. The molecule has 0 spiro atoms. The number of carbonyl (C=O) groups excluding carboxylic acids is 2. The van der Waals surface area contributed by atoms with E-state index in [0.29, 0.717) is 26.4 Å². The molecule has 6 aromatic rings. The van der Waals surface area contributed by atoms with Crippen molar-refractivity contribution in [1.82, 2.24) is 9.97 Å². The second-order valence-corrected chi connectivity index (χ2v) is 18.2. The van der Waals surface area contributed by atoms with E-state index >= 15 is 0 Å². The fourth-order valence-corrected chi connectivity index (χ4v) is 7.99. The molecule has 1 atom stereocenters. The van der Waals surface area contributed by atoms with E-state index in [1.54, 1.807) is 44.2 Å². The minimum Gasteiger partial charge on any atom is -0.398 e. The van der Waals surface area contributed by atoms with E-state index in [1.165, 1.54) is 24.5 Å². The van der Waals surface area contributed by atoms with Crippen LogP contribution in [0.5, 0.6) is 0 Å². The van der Waals surface area contributed by atoms with E-state index in [2.05, 4.69) is 15.3 Å². The average Bonchev–Trinajstić information content (AvgIpc) is 3.17. The Morgan fingerprint density at radius 1 is 0.683 bits per heavy atom. The number of ketones is 2. The van der Waals surface area contributed by atoms with Crippen LogP contribution in [0.1, 0.15) is 61.3 Å². The van der Waals surface area contributed by atoms with Crippen molar-refractivity contribution in [1.29, 1.82) is 0 Å². The number of nitrogen functional groups attached to an aromatic ring is 1. The number of hydrogen-bond donors (Lipinski definition) is 4. The molecule has 4 aromatic carbocycles. The number of rotatable bonds is 11. The van der Waals surface area contributed by atoms with Crippen molar-refractivity contribution in [2.75, 3.05) is 17.3 Å². The van der Waals surface area contributed by atoms with Gasteiger partial charge in [-0.2, -0.15) is 0 Å². The topological polar surface area (TPSA) is 241 Å². The van der Waals surface area contributed by atoms with E-state index in [4.69, 9.17) is 75.3 Å². The number of H-pyrrole nitrogens is 2. The third kappa shape index (κ3) is 12.1. The lowest BCUT2D eigenvalue weighted by atomic mass is 9.99. The van der Waals surface area contributed by atoms with Crippen LogP contribution < -0.4 is 21.9 Å². The molecular formula is C41H36Cl6N6O9S. The molecular weight excluding hydrogens is 965 g/mol. The van der Waals surface area contributed by atoms with Crippen molar-refractivity contribution in [2.24, 2.45) is 11.8 Å². The molecule has 0 fully saturated rings. The smallest absolute Gasteiger partial charge is 0.282 e. The summed E-state index contributed by atoms with van der Waals surface area (Å²) in [7, 11) is -1.67. The Balaban J connectivity index is 0.000000235. The Morgan fingerprint density at radius 3 is 1.56 bits per heavy atom. The van der Waals surface area contributed by atoms with Gasteiger partial charge in [-0.1, -0.05) is 97.3 Å². The van der Waals surface area contributed by atoms with Crippen LogP contribution in [0.15, 0.2) is 75.3 Å². The number of nitrogens with two attached hydrogens (primary N) is 1. The first-order valence-corrected chi connectivity index (χ1v) is 22.2. The summed E-state index contributed by atoms with van der Waals surface area (Å²) < 4.78 is 12.0. The number of halogens is 6. The van der Waals surface area contributed by atoms with Crippen LogP contribution in [0.4, 0.5) is 28.6 Å². The number of nitro groups is 2. The van der Waals surface area contributed by atoms with Crippen molar-refractivity contribution in [2.45, 2.75) is 45.6 Å². The first kappa shape index (κ1) is 50.6. The first-order valence-electron chi connectivity index (χ1n) is 18.3. The van der Waals surface area contributed by atoms with E-state index in [9.17, 15) is 43.6 Å². The number of nitrogens with one attached hydrogen (secondary N) is 3. The third-order valence-corrected chi connectivity index (χ3v) is 11.3. The molecule has 0 saturated carbocycles. The van der Waals surface area contributed by atoms with Gasteiger partial charge in [-0.3, -0.25) is 43.6 Å². The van der Waals surface area contributed by atoms with E-state index in [0.717, 1.165) is 12.1 Å². The molecule has 0 aliphatic rings. The highest BCUT2D eigenvalue weighted by atomic mass is 35.5. The number of nitrogens with zero attached hydrogens (tertiary/aromatic N) is 2. The Kier molecular flexibility index (Phi) is 17.3. The minimum absolute atomic E-state index is 0.00200. The van der Waals surface area contributed by atoms with Crippen molar-refractivity contribution in [3.8, 4) is 0 Å². The number of Topliss-reactive ketones (excluding diaryl/α,β-unsaturated/α-hetero) is 2. The van der Waals surface area contributed by atoms with Crippen molar-refractivity contribution < 1.29 is 23.6 Å². The number of benzene rings is 4. The second-order valence-electron chi connectivity index (χ2n) is 14.4. The first-order chi connectivity index (χ1) is 29.4. The number of anilines is 3. The zero-order valence-corrected chi connectivity index (χ0v) is 39.0. The molecule has 6 rings (SSSR count). The van der Waals surface area contributed by atoms with Gasteiger partial charge in [0.15, 0.2) is 11.6 Å². The third-order valence-electron chi connectivity index (χ3n) is 8.72. The molecule has 15 nitrogen and oxygen atoms in total. The lowest BCUT2D eigenvalue weighted by molar-refractivity contribution is -0.383. The standard InChI is InChI=1S/C20H16Cl3N3O4.C15H15ClN2O5S.C6H5Cl2N/c1-9(2)7-15(27)17-19(28)16-14(26(29)30)6-4-11(22)18(16)25-20(17)24-13-5-3-10(21)8-12(13)23;1-7(2)6-10(19)12-14(20)11-9(18(21)22)5-4-8(16)13(11)17-15(12)24(3)23;7-4-1-2-6(9)5(8)3-4/h3-6,8-9H,7H2,1-2H3,(H2,24,25,28);4-5,7H,6H2,1-3H3,(H,17,20);1-3H,9H2. The minimum atomic E-state index is -1.67. The monoisotopic (exact) mass is 998 g/mol. The Morgan fingerprint density at radius 2 is 1.13 bits per heavy atom. The molecule has 22 heteroatoms. The van der Waals surface area contributed by atoms with Crippen LogP contribution in [0.25, 0.3) is 21.8 Å². The summed E-state index contributed by atoms with van der Waals surface area (Å²) in [6.45, 7) is 7.26. The maximum absolute atomic E-state index is 13.3. The maximum Gasteiger partial charge on any atom is 0.282 e. The fraction of sp³-hybridized carbons (Fsp3) is 0.220. The number of aromatic nitrogens is 2. The van der Waals surface area contributed by atoms with Gasteiger partial charge in [0.05, 0.1) is 68.7 Å². The SMILES string of the molecule is CC(C)CC(=O)c1c(Nc2ccc(Cl)cc2Cl)[nH]c2c(Cl)ccc([N+](=O)[O-])c2c1=O.CC(C)CC(=O)c1c(S(C)=O)[nH]c2c(Cl)ccc([N+](=O)[O-])c2c1=O.Nc1ccc(Cl)cc1Cl. The number of aromatic amines is 2. The number of carbonyl (C=O) groups is 2. The number of non-ortho nitro benzene ring substituents is 2. The van der Waals surface area contributed by atoms with E-state index < -0.39 is 54.4 Å².